The summed E-state index contributed by atoms with van der Waals surface area (Å²) in [6.07, 6.45) is 8.25. The molecule has 1 saturated heterocycles. The lowest BCUT2D eigenvalue weighted by atomic mass is 9.82. The van der Waals surface area contributed by atoms with Crippen molar-refractivity contribution in [3.05, 3.63) is 58.4 Å². The standard InChI is InChI=1S/C30H45FNOP/c1-7-8-10-15-30(6,26-20-24(29(3,4)5)18-22(2)28(26)33)34-27-14-13-25(31)19-23(27)21-32-16-11-9-12-17-32/h13-14,18-20,33-34H,7-12,15-17,21H2,1-6H3. The van der Waals surface area contributed by atoms with E-state index in [1.807, 2.05) is 13.0 Å². The van der Waals surface area contributed by atoms with Crippen LogP contribution in [-0.4, -0.2) is 23.1 Å². The van der Waals surface area contributed by atoms with Crippen LogP contribution in [0.15, 0.2) is 30.3 Å². The van der Waals surface area contributed by atoms with Gasteiger partial charge in [0.25, 0.3) is 0 Å². The van der Waals surface area contributed by atoms with Gasteiger partial charge in [-0.2, -0.15) is 0 Å². The minimum Gasteiger partial charge on any atom is -0.507 e. The number of likely N-dealkylation sites (tertiary alicyclic amines) is 1. The fourth-order valence-electron chi connectivity index (χ4n) is 5.10. The number of hydrogen-bond donors (Lipinski definition) is 1. The number of aromatic hydroxyl groups is 1. The van der Waals surface area contributed by atoms with Crippen molar-refractivity contribution in [1.82, 2.24) is 4.90 Å². The molecule has 188 valence electrons. The predicted molar refractivity (Wildman–Crippen MR) is 147 cm³/mol. The summed E-state index contributed by atoms with van der Waals surface area (Å²) in [7, 11) is 0.473. The molecule has 2 aromatic carbocycles. The first-order chi connectivity index (χ1) is 16.0. The summed E-state index contributed by atoms with van der Waals surface area (Å²) in [5, 5.41) is 12.3. The van der Waals surface area contributed by atoms with Crippen molar-refractivity contribution in [2.24, 2.45) is 0 Å². The van der Waals surface area contributed by atoms with E-state index in [2.05, 4.69) is 51.7 Å². The van der Waals surface area contributed by atoms with Gasteiger partial charge in [0.15, 0.2) is 0 Å². The molecule has 1 N–H and O–H groups in total. The van der Waals surface area contributed by atoms with Crippen LogP contribution in [0.5, 0.6) is 5.75 Å². The maximum atomic E-state index is 14.4. The molecule has 0 aliphatic carbocycles. The Labute approximate surface area is 209 Å². The molecule has 0 bridgehead atoms. The van der Waals surface area contributed by atoms with Gasteiger partial charge in [-0.1, -0.05) is 87.1 Å². The van der Waals surface area contributed by atoms with E-state index in [0.717, 1.165) is 49.2 Å². The minimum absolute atomic E-state index is 0.00987. The van der Waals surface area contributed by atoms with Gasteiger partial charge in [0, 0.05) is 17.3 Å². The summed E-state index contributed by atoms with van der Waals surface area (Å²) in [6, 6.07) is 9.75. The lowest BCUT2D eigenvalue weighted by molar-refractivity contribution is 0.221. The highest BCUT2D eigenvalue weighted by molar-refractivity contribution is 7.48. The van der Waals surface area contributed by atoms with Crippen molar-refractivity contribution >= 4 is 13.9 Å². The van der Waals surface area contributed by atoms with Crippen molar-refractivity contribution in [1.29, 1.82) is 0 Å². The fraction of sp³-hybridized carbons (Fsp3) is 0.600. The van der Waals surface area contributed by atoms with E-state index < -0.39 is 0 Å². The highest BCUT2D eigenvalue weighted by Crippen LogP contribution is 2.50. The molecule has 0 saturated carbocycles. The largest absolute Gasteiger partial charge is 0.507 e. The summed E-state index contributed by atoms with van der Waals surface area (Å²) in [5.74, 6) is 0.279. The molecule has 1 fully saturated rings. The predicted octanol–water partition coefficient (Wildman–Crippen LogP) is 7.92. The number of piperidine rings is 1. The topological polar surface area (TPSA) is 23.5 Å². The number of hydrogen-bond acceptors (Lipinski definition) is 2. The number of nitrogens with zero attached hydrogens (tertiary/aromatic N) is 1. The number of rotatable bonds is 9. The molecule has 0 amide bonds. The van der Waals surface area contributed by atoms with Crippen LogP contribution in [0, 0.1) is 12.7 Å². The third-order valence-electron chi connectivity index (χ3n) is 7.36. The Morgan fingerprint density at radius 3 is 2.35 bits per heavy atom. The van der Waals surface area contributed by atoms with Crippen LogP contribution in [0.3, 0.4) is 0 Å². The molecule has 0 aromatic heterocycles. The Balaban J connectivity index is 2.03. The summed E-state index contributed by atoms with van der Waals surface area (Å²) in [5.41, 5.74) is 4.39. The number of phenols is 1. The van der Waals surface area contributed by atoms with Gasteiger partial charge < -0.3 is 5.11 Å². The Kier molecular flexibility index (Phi) is 9.21. The first kappa shape index (κ1) is 27.2. The SMILES string of the molecule is CCCCCC(C)(Pc1ccc(F)cc1CN1CCCCC1)c1cc(C(C)(C)C)cc(C)c1O. The van der Waals surface area contributed by atoms with Crippen LogP contribution in [-0.2, 0) is 17.1 Å². The molecular formula is C30H45FNOP. The number of unbranched alkanes of at least 4 members (excludes halogenated alkanes) is 2. The van der Waals surface area contributed by atoms with E-state index in [1.54, 1.807) is 12.1 Å². The van der Waals surface area contributed by atoms with Crippen molar-refractivity contribution in [3.63, 3.8) is 0 Å². The zero-order chi connectivity index (χ0) is 24.9. The van der Waals surface area contributed by atoms with Crippen LogP contribution >= 0.6 is 8.58 Å². The third kappa shape index (κ3) is 6.82. The Bertz CT molecular complexity index is 961. The Hall–Kier alpha value is -1.44. The average Bonchev–Trinajstić information content (AvgIpc) is 2.77. The maximum absolute atomic E-state index is 14.4. The minimum atomic E-state index is -0.195. The van der Waals surface area contributed by atoms with Crippen molar-refractivity contribution in [2.45, 2.75) is 104 Å². The van der Waals surface area contributed by atoms with Gasteiger partial charge in [-0.3, -0.25) is 4.90 Å². The molecular weight excluding hydrogens is 440 g/mol. The summed E-state index contributed by atoms with van der Waals surface area (Å²) in [6.45, 7) is 16.3. The zero-order valence-electron chi connectivity index (χ0n) is 22.2. The van der Waals surface area contributed by atoms with Crippen LogP contribution in [0.25, 0.3) is 0 Å². The maximum Gasteiger partial charge on any atom is 0.123 e. The van der Waals surface area contributed by atoms with Gasteiger partial charge >= 0.3 is 0 Å². The van der Waals surface area contributed by atoms with Crippen LogP contribution in [0.4, 0.5) is 4.39 Å². The summed E-state index contributed by atoms with van der Waals surface area (Å²) < 4.78 is 14.4. The van der Waals surface area contributed by atoms with Crippen molar-refractivity contribution in [2.75, 3.05) is 13.1 Å². The third-order valence-corrected chi connectivity index (χ3v) is 9.19. The molecule has 2 nitrogen and oxygen atoms in total. The van der Waals surface area contributed by atoms with Crippen LogP contribution < -0.4 is 5.30 Å². The molecule has 4 heteroatoms. The molecule has 0 spiro atoms. The lowest BCUT2D eigenvalue weighted by Crippen LogP contribution is -2.31. The van der Waals surface area contributed by atoms with Gasteiger partial charge in [-0.25, -0.2) is 4.39 Å². The lowest BCUT2D eigenvalue weighted by Gasteiger charge is -2.35. The zero-order valence-corrected chi connectivity index (χ0v) is 23.2. The molecule has 1 aliphatic heterocycles. The molecule has 1 heterocycles. The summed E-state index contributed by atoms with van der Waals surface area (Å²) >= 11 is 0. The van der Waals surface area contributed by atoms with E-state index in [0.29, 0.717) is 14.3 Å². The van der Waals surface area contributed by atoms with E-state index in [-0.39, 0.29) is 16.4 Å². The molecule has 1 aliphatic rings. The number of halogens is 1. The molecule has 2 atom stereocenters. The monoisotopic (exact) mass is 485 g/mol. The Morgan fingerprint density at radius 2 is 1.71 bits per heavy atom. The van der Waals surface area contributed by atoms with Gasteiger partial charge in [-0.05, 0) is 78.8 Å². The van der Waals surface area contributed by atoms with Crippen molar-refractivity contribution < 1.29 is 9.50 Å². The van der Waals surface area contributed by atoms with E-state index in [1.165, 1.54) is 43.0 Å². The quantitative estimate of drug-likeness (QED) is 0.288. The smallest absolute Gasteiger partial charge is 0.123 e. The van der Waals surface area contributed by atoms with Crippen molar-refractivity contribution in [3.8, 4) is 5.75 Å². The Morgan fingerprint density at radius 1 is 1.00 bits per heavy atom. The van der Waals surface area contributed by atoms with Gasteiger partial charge in [0.1, 0.15) is 11.6 Å². The number of aryl methyl sites for hydroxylation is 1. The van der Waals surface area contributed by atoms with Gasteiger partial charge in [0.05, 0.1) is 0 Å². The van der Waals surface area contributed by atoms with E-state index in [4.69, 9.17) is 0 Å². The molecule has 3 rings (SSSR count). The highest BCUT2D eigenvalue weighted by atomic mass is 31.1. The second-order valence-corrected chi connectivity index (χ2v) is 13.4. The molecule has 2 unspecified atom stereocenters. The first-order valence-electron chi connectivity index (χ1n) is 13.2. The molecule has 0 radical (unpaired) electrons. The average molecular weight is 486 g/mol. The highest BCUT2D eigenvalue weighted by Gasteiger charge is 2.33. The van der Waals surface area contributed by atoms with E-state index >= 15 is 0 Å². The van der Waals surface area contributed by atoms with Gasteiger partial charge in [0.2, 0.25) is 0 Å². The first-order valence-corrected chi connectivity index (χ1v) is 14.2. The summed E-state index contributed by atoms with van der Waals surface area (Å²) in [4.78, 5) is 2.47. The molecule has 2 aromatic rings. The number of phenolic OH excluding ortho intramolecular Hbond substituents is 1. The fourth-order valence-corrected chi connectivity index (χ4v) is 6.80. The van der Waals surface area contributed by atoms with Crippen LogP contribution in [0.1, 0.15) is 102 Å². The number of benzene rings is 2. The second kappa shape index (κ2) is 11.5. The van der Waals surface area contributed by atoms with Crippen LogP contribution in [0.2, 0.25) is 0 Å². The van der Waals surface area contributed by atoms with Gasteiger partial charge in [-0.15, -0.1) is 0 Å². The second-order valence-electron chi connectivity index (χ2n) is 11.5. The normalized spacial score (nSPS) is 17.4. The molecule has 34 heavy (non-hydrogen) atoms. The van der Waals surface area contributed by atoms with E-state index in [9.17, 15) is 9.50 Å².